The standard InChI is InChI=1S/C12H10BrClN4OS/c1-18-11(8(5-16-18)10(15)20)17-12(19)7-3-2-6(14)4-9(7)13/h2-5H,1H3,(H2,15,20)(H,17,19). The Hall–Kier alpha value is -1.44. The van der Waals surface area contributed by atoms with Crippen LogP contribution in [-0.4, -0.2) is 20.7 Å². The summed E-state index contributed by atoms with van der Waals surface area (Å²) < 4.78 is 2.09. The summed E-state index contributed by atoms with van der Waals surface area (Å²) in [6.07, 6.45) is 1.51. The molecule has 1 amide bonds. The van der Waals surface area contributed by atoms with E-state index in [9.17, 15) is 4.79 Å². The second-order valence-corrected chi connectivity index (χ2v) is 5.70. The first-order chi connectivity index (χ1) is 9.40. The number of rotatable bonds is 3. The average Bonchev–Trinajstić information content (AvgIpc) is 2.71. The van der Waals surface area contributed by atoms with E-state index < -0.39 is 0 Å². The lowest BCUT2D eigenvalue weighted by molar-refractivity contribution is 0.102. The van der Waals surface area contributed by atoms with Crippen LogP contribution in [0.4, 0.5) is 5.82 Å². The van der Waals surface area contributed by atoms with Crippen molar-refractivity contribution < 1.29 is 4.79 Å². The highest BCUT2D eigenvalue weighted by molar-refractivity contribution is 9.10. The van der Waals surface area contributed by atoms with Crippen LogP contribution in [0.25, 0.3) is 0 Å². The van der Waals surface area contributed by atoms with Gasteiger partial charge in [-0.25, -0.2) is 0 Å². The normalized spacial score (nSPS) is 10.3. The molecule has 0 spiro atoms. The topological polar surface area (TPSA) is 72.9 Å². The summed E-state index contributed by atoms with van der Waals surface area (Å²) in [5.74, 6) is 0.138. The Balaban J connectivity index is 2.33. The van der Waals surface area contributed by atoms with Gasteiger partial charge in [0.25, 0.3) is 5.91 Å². The maximum absolute atomic E-state index is 12.3. The molecule has 2 aromatic rings. The van der Waals surface area contributed by atoms with Crippen molar-refractivity contribution in [1.29, 1.82) is 0 Å². The lowest BCUT2D eigenvalue weighted by atomic mass is 10.2. The molecule has 0 unspecified atom stereocenters. The van der Waals surface area contributed by atoms with Crippen molar-refractivity contribution >= 4 is 56.5 Å². The second-order valence-electron chi connectivity index (χ2n) is 3.97. The van der Waals surface area contributed by atoms with E-state index in [-0.39, 0.29) is 10.9 Å². The van der Waals surface area contributed by atoms with E-state index >= 15 is 0 Å². The monoisotopic (exact) mass is 372 g/mol. The summed E-state index contributed by atoms with van der Waals surface area (Å²) in [5, 5.41) is 7.30. The van der Waals surface area contributed by atoms with Crippen molar-refractivity contribution in [2.24, 2.45) is 12.8 Å². The summed E-state index contributed by atoms with van der Waals surface area (Å²) in [6, 6.07) is 4.91. The maximum Gasteiger partial charge on any atom is 0.257 e. The summed E-state index contributed by atoms with van der Waals surface area (Å²) in [6.45, 7) is 0. The number of thiocarbonyl (C=S) groups is 1. The molecule has 1 aromatic heterocycles. The van der Waals surface area contributed by atoms with Crippen LogP contribution in [0.15, 0.2) is 28.9 Å². The minimum atomic E-state index is -0.311. The zero-order valence-electron chi connectivity index (χ0n) is 10.4. The third kappa shape index (κ3) is 3.00. The third-order valence-electron chi connectivity index (χ3n) is 2.61. The molecule has 0 aliphatic rings. The van der Waals surface area contributed by atoms with Crippen molar-refractivity contribution in [3.63, 3.8) is 0 Å². The number of halogens is 2. The summed E-state index contributed by atoms with van der Waals surface area (Å²) in [5.41, 5.74) is 6.56. The number of aromatic nitrogens is 2. The maximum atomic E-state index is 12.3. The molecular formula is C12H10BrClN4OS. The molecule has 1 heterocycles. The Morgan fingerprint density at radius 1 is 1.50 bits per heavy atom. The molecule has 0 bridgehead atoms. The van der Waals surface area contributed by atoms with Gasteiger partial charge in [0.05, 0.1) is 17.3 Å². The number of nitrogens with one attached hydrogen (secondary N) is 1. The van der Waals surface area contributed by atoms with Crippen LogP contribution < -0.4 is 11.1 Å². The van der Waals surface area contributed by atoms with Gasteiger partial charge in [0.2, 0.25) is 0 Å². The second kappa shape index (κ2) is 5.90. The SMILES string of the molecule is Cn1ncc(C(N)=S)c1NC(=O)c1ccc(Cl)cc1Br. The quantitative estimate of drug-likeness (QED) is 0.811. The van der Waals surface area contributed by atoms with E-state index in [1.54, 1.807) is 25.2 Å². The van der Waals surface area contributed by atoms with Crippen LogP contribution in [0.2, 0.25) is 5.02 Å². The molecule has 0 aliphatic heterocycles. The van der Waals surface area contributed by atoms with Crippen molar-refractivity contribution in [3.8, 4) is 0 Å². The lowest BCUT2D eigenvalue weighted by Gasteiger charge is -2.09. The Morgan fingerprint density at radius 3 is 2.80 bits per heavy atom. The molecule has 104 valence electrons. The third-order valence-corrected chi connectivity index (χ3v) is 3.72. The highest BCUT2D eigenvalue weighted by Crippen LogP contribution is 2.23. The Bertz CT molecular complexity index is 701. The van der Waals surface area contributed by atoms with Gasteiger partial charge < -0.3 is 11.1 Å². The van der Waals surface area contributed by atoms with E-state index in [2.05, 4.69) is 26.3 Å². The van der Waals surface area contributed by atoms with Crippen LogP contribution in [0, 0.1) is 0 Å². The first-order valence-corrected chi connectivity index (χ1v) is 7.06. The van der Waals surface area contributed by atoms with Crippen LogP contribution in [0.3, 0.4) is 0 Å². The summed E-state index contributed by atoms with van der Waals surface area (Å²) in [4.78, 5) is 12.4. The summed E-state index contributed by atoms with van der Waals surface area (Å²) >= 11 is 14.1. The average molecular weight is 374 g/mol. The molecule has 0 fully saturated rings. The number of hydrogen-bond acceptors (Lipinski definition) is 3. The molecule has 0 atom stereocenters. The molecule has 3 N–H and O–H groups in total. The lowest BCUT2D eigenvalue weighted by Crippen LogP contribution is -2.19. The van der Waals surface area contributed by atoms with Gasteiger partial charge in [-0.15, -0.1) is 0 Å². The van der Waals surface area contributed by atoms with Gasteiger partial charge in [-0.1, -0.05) is 23.8 Å². The van der Waals surface area contributed by atoms with E-state index in [0.29, 0.717) is 26.4 Å². The van der Waals surface area contributed by atoms with Crippen LogP contribution in [-0.2, 0) is 7.05 Å². The molecule has 5 nitrogen and oxygen atoms in total. The number of benzene rings is 1. The highest BCUT2D eigenvalue weighted by Gasteiger charge is 2.16. The predicted molar refractivity (Wildman–Crippen MR) is 86.2 cm³/mol. The zero-order valence-corrected chi connectivity index (χ0v) is 13.5. The van der Waals surface area contributed by atoms with Crippen molar-refractivity contribution in [1.82, 2.24) is 9.78 Å². The first kappa shape index (κ1) is 15.0. The fraction of sp³-hybridized carbons (Fsp3) is 0.0833. The molecular weight excluding hydrogens is 364 g/mol. The van der Waals surface area contributed by atoms with Crippen LogP contribution >= 0.6 is 39.7 Å². The first-order valence-electron chi connectivity index (χ1n) is 5.48. The smallest absolute Gasteiger partial charge is 0.257 e. The molecule has 20 heavy (non-hydrogen) atoms. The van der Waals surface area contributed by atoms with Gasteiger partial charge in [0.1, 0.15) is 10.8 Å². The number of nitrogens with zero attached hydrogens (tertiary/aromatic N) is 2. The van der Waals surface area contributed by atoms with E-state index in [1.807, 2.05) is 0 Å². The molecule has 0 saturated carbocycles. The minimum Gasteiger partial charge on any atom is -0.389 e. The molecule has 0 aliphatic carbocycles. The minimum absolute atomic E-state index is 0.170. The fourth-order valence-electron chi connectivity index (χ4n) is 1.61. The number of nitrogens with two attached hydrogens (primary N) is 1. The van der Waals surface area contributed by atoms with Gasteiger partial charge in [-0.3, -0.25) is 9.48 Å². The van der Waals surface area contributed by atoms with Gasteiger partial charge in [0.15, 0.2) is 0 Å². The molecule has 0 radical (unpaired) electrons. The number of carbonyl (C=O) groups excluding carboxylic acids is 1. The van der Waals surface area contributed by atoms with Gasteiger partial charge in [0, 0.05) is 16.5 Å². The van der Waals surface area contributed by atoms with E-state index in [4.69, 9.17) is 29.6 Å². The zero-order chi connectivity index (χ0) is 14.9. The highest BCUT2D eigenvalue weighted by atomic mass is 79.9. The Labute approximate surface area is 134 Å². The number of anilines is 1. The number of hydrogen-bond donors (Lipinski definition) is 2. The fourth-order valence-corrected chi connectivity index (χ4v) is 2.63. The number of aryl methyl sites for hydroxylation is 1. The molecule has 1 aromatic carbocycles. The molecule has 2 rings (SSSR count). The number of amides is 1. The van der Waals surface area contributed by atoms with Crippen molar-refractivity contribution in [2.45, 2.75) is 0 Å². The molecule has 0 saturated heterocycles. The van der Waals surface area contributed by atoms with Gasteiger partial charge in [-0.2, -0.15) is 5.10 Å². The molecule has 8 heteroatoms. The number of carbonyl (C=O) groups is 1. The largest absolute Gasteiger partial charge is 0.389 e. The van der Waals surface area contributed by atoms with Gasteiger partial charge in [-0.05, 0) is 34.1 Å². The predicted octanol–water partition coefficient (Wildman–Crippen LogP) is 2.72. The van der Waals surface area contributed by atoms with Crippen LogP contribution in [0.1, 0.15) is 15.9 Å². The van der Waals surface area contributed by atoms with Crippen molar-refractivity contribution in [3.05, 3.63) is 45.0 Å². The van der Waals surface area contributed by atoms with Gasteiger partial charge >= 0.3 is 0 Å². The summed E-state index contributed by atoms with van der Waals surface area (Å²) in [7, 11) is 1.69. The van der Waals surface area contributed by atoms with E-state index in [0.717, 1.165) is 0 Å². The van der Waals surface area contributed by atoms with Crippen LogP contribution in [0.5, 0.6) is 0 Å². The Morgan fingerprint density at radius 2 is 2.20 bits per heavy atom. The van der Waals surface area contributed by atoms with Crippen molar-refractivity contribution in [2.75, 3.05) is 5.32 Å². The van der Waals surface area contributed by atoms with E-state index in [1.165, 1.54) is 10.9 Å². The Kier molecular flexibility index (Phi) is 4.42.